The van der Waals surface area contributed by atoms with Crippen LogP contribution in [0.1, 0.15) is 43.2 Å². The summed E-state index contributed by atoms with van der Waals surface area (Å²) >= 11 is 0. The molecule has 5 heteroatoms. The van der Waals surface area contributed by atoms with Crippen molar-refractivity contribution in [2.45, 2.75) is 52.0 Å². The van der Waals surface area contributed by atoms with Crippen LogP contribution in [0.15, 0.2) is 18.2 Å². The zero-order valence-corrected chi connectivity index (χ0v) is 13.3. The smallest absolute Gasteiger partial charge is 0.321 e. The molecule has 1 aromatic rings. The molecule has 0 bridgehead atoms. The first kappa shape index (κ1) is 16.3. The fourth-order valence-electron chi connectivity index (χ4n) is 2.80. The molecule has 0 atom stereocenters. The molecule has 2 N–H and O–H groups in total. The molecule has 0 heterocycles. The van der Waals surface area contributed by atoms with Gasteiger partial charge < -0.3 is 10.1 Å². The molecule has 1 aliphatic rings. The van der Waals surface area contributed by atoms with Crippen LogP contribution in [-0.2, 0) is 4.79 Å². The zero-order valence-electron chi connectivity index (χ0n) is 13.3. The van der Waals surface area contributed by atoms with Crippen LogP contribution < -0.4 is 15.4 Å². The molecule has 0 aliphatic heterocycles. The Kier molecular flexibility index (Phi) is 5.81. The standard InChI is InChI=1S/C17H24N2O3/c1-12-8-13(2)10-15(9-12)22-11-16(20)19-17(21)18-14-6-4-3-5-7-14/h8-10,14H,3-7,11H2,1-2H3,(H2,18,19,20,21). The minimum Gasteiger partial charge on any atom is -0.484 e. The van der Waals surface area contributed by atoms with Gasteiger partial charge >= 0.3 is 6.03 Å². The van der Waals surface area contributed by atoms with Crippen LogP contribution in [0, 0.1) is 13.8 Å². The summed E-state index contributed by atoms with van der Waals surface area (Å²) in [5, 5.41) is 5.15. The van der Waals surface area contributed by atoms with Gasteiger partial charge in [0.2, 0.25) is 0 Å². The molecule has 0 saturated heterocycles. The van der Waals surface area contributed by atoms with E-state index in [1.165, 1.54) is 6.42 Å². The maximum Gasteiger partial charge on any atom is 0.321 e. The zero-order chi connectivity index (χ0) is 15.9. The maximum atomic E-state index is 11.7. The second kappa shape index (κ2) is 7.82. The van der Waals surface area contributed by atoms with Gasteiger partial charge in [0.1, 0.15) is 5.75 Å². The molecule has 5 nitrogen and oxygen atoms in total. The van der Waals surface area contributed by atoms with Crippen LogP contribution >= 0.6 is 0 Å². The topological polar surface area (TPSA) is 67.4 Å². The summed E-state index contributed by atoms with van der Waals surface area (Å²) in [5.41, 5.74) is 2.15. The Bertz CT molecular complexity index is 516. The van der Waals surface area contributed by atoms with Crippen LogP contribution in [0.3, 0.4) is 0 Å². The largest absolute Gasteiger partial charge is 0.484 e. The number of imide groups is 1. The molecular weight excluding hydrogens is 280 g/mol. The van der Waals surface area contributed by atoms with Gasteiger partial charge in [-0.05, 0) is 49.9 Å². The molecule has 0 spiro atoms. The number of carbonyl (C=O) groups excluding carboxylic acids is 2. The van der Waals surface area contributed by atoms with Gasteiger partial charge in [0, 0.05) is 6.04 Å². The minimum atomic E-state index is -0.438. The summed E-state index contributed by atoms with van der Waals surface area (Å²) in [6.07, 6.45) is 5.47. The molecule has 1 saturated carbocycles. The first-order valence-electron chi connectivity index (χ1n) is 7.84. The number of hydrogen-bond donors (Lipinski definition) is 2. The van der Waals surface area contributed by atoms with E-state index in [-0.39, 0.29) is 12.6 Å². The van der Waals surface area contributed by atoms with E-state index in [9.17, 15) is 9.59 Å². The highest BCUT2D eigenvalue weighted by Crippen LogP contribution is 2.17. The SMILES string of the molecule is Cc1cc(C)cc(OCC(=O)NC(=O)NC2CCCCC2)c1. The number of carbonyl (C=O) groups is 2. The Morgan fingerprint density at radius 1 is 1.09 bits per heavy atom. The van der Waals surface area contributed by atoms with Gasteiger partial charge in [0.15, 0.2) is 6.61 Å². The van der Waals surface area contributed by atoms with Crippen LogP contribution in [0.4, 0.5) is 4.79 Å². The lowest BCUT2D eigenvalue weighted by Gasteiger charge is -2.22. The van der Waals surface area contributed by atoms with Crippen molar-refractivity contribution in [3.05, 3.63) is 29.3 Å². The summed E-state index contributed by atoms with van der Waals surface area (Å²) < 4.78 is 5.43. The van der Waals surface area contributed by atoms with E-state index in [1.54, 1.807) is 0 Å². The Morgan fingerprint density at radius 2 is 1.73 bits per heavy atom. The third kappa shape index (κ3) is 5.39. The van der Waals surface area contributed by atoms with Crippen molar-refractivity contribution in [2.75, 3.05) is 6.61 Å². The van der Waals surface area contributed by atoms with Gasteiger partial charge in [-0.25, -0.2) is 4.79 Å². The summed E-state index contributed by atoms with van der Waals surface area (Å²) in [5.74, 6) is 0.202. The number of rotatable bonds is 4. The van der Waals surface area contributed by atoms with E-state index < -0.39 is 11.9 Å². The number of hydrogen-bond acceptors (Lipinski definition) is 3. The van der Waals surface area contributed by atoms with Gasteiger partial charge in [-0.3, -0.25) is 10.1 Å². The highest BCUT2D eigenvalue weighted by Gasteiger charge is 2.17. The van der Waals surface area contributed by atoms with Gasteiger partial charge in [0.05, 0.1) is 0 Å². The predicted octanol–water partition coefficient (Wildman–Crippen LogP) is 2.84. The lowest BCUT2D eigenvalue weighted by Crippen LogP contribution is -2.46. The molecule has 1 aromatic carbocycles. The summed E-state index contributed by atoms with van der Waals surface area (Å²) in [7, 11) is 0. The van der Waals surface area contributed by atoms with Crippen molar-refractivity contribution in [2.24, 2.45) is 0 Å². The maximum absolute atomic E-state index is 11.7. The van der Waals surface area contributed by atoms with E-state index in [1.807, 2.05) is 32.0 Å². The van der Waals surface area contributed by atoms with Gasteiger partial charge in [-0.15, -0.1) is 0 Å². The Labute approximate surface area is 131 Å². The highest BCUT2D eigenvalue weighted by molar-refractivity contribution is 5.95. The second-order valence-electron chi connectivity index (χ2n) is 5.97. The van der Waals surface area contributed by atoms with E-state index in [4.69, 9.17) is 4.74 Å². The van der Waals surface area contributed by atoms with Crippen LogP contribution in [-0.4, -0.2) is 24.6 Å². The van der Waals surface area contributed by atoms with Crippen molar-refractivity contribution >= 4 is 11.9 Å². The van der Waals surface area contributed by atoms with E-state index >= 15 is 0 Å². The molecular formula is C17H24N2O3. The molecule has 3 amide bonds. The number of nitrogens with one attached hydrogen (secondary N) is 2. The molecule has 0 aromatic heterocycles. The molecule has 0 radical (unpaired) electrons. The Hall–Kier alpha value is -2.04. The predicted molar refractivity (Wildman–Crippen MR) is 85.0 cm³/mol. The fraction of sp³-hybridized carbons (Fsp3) is 0.529. The van der Waals surface area contributed by atoms with Gasteiger partial charge in [0.25, 0.3) is 5.91 Å². The third-order valence-corrected chi connectivity index (χ3v) is 3.76. The summed E-state index contributed by atoms with van der Waals surface area (Å²) in [4.78, 5) is 23.5. The van der Waals surface area contributed by atoms with Crippen molar-refractivity contribution in [1.82, 2.24) is 10.6 Å². The van der Waals surface area contributed by atoms with E-state index in [0.29, 0.717) is 5.75 Å². The van der Waals surface area contributed by atoms with Crippen LogP contribution in [0.25, 0.3) is 0 Å². The fourth-order valence-corrected chi connectivity index (χ4v) is 2.80. The molecule has 2 rings (SSSR count). The molecule has 1 aliphatic carbocycles. The number of aryl methyl sites for hydroxylation is 2. The lowest BCUT2D eigenvalue weighted by molar-refractivity contribution is -0.122. The molecule has 1 fully saturated rings. The first-order chi connectivity index (χ1) is 10.5. The average Bonchev–Trinajstić information content (AvgIpc) is 2.45. The van der Waals surface area contributed by atoms with Crippen molar-refractivity contribution in [1.29, 1.82) is 0 Å². The lowest BCUT2D eigenvalue weighted by atomic mass is 9.96. The third-order valence-electron chi connectivity index (χ3n) is 3.76. The van der Waals surface area contributed by atoms with Gasteiger partial charge in [-0.2, -0.15) is 0 Å². The van der Waals surface area contributed by atoms with Crippen molar-refractivity contribution < 1.29 is 14.3 Å². The normalized spacial score (nSPS) is 15.2. The average molecular weight is 304 g/mol. The van der Waals surface area contributed by atoms with Gasteiger partial charge in [-0.1, -0.05) is 25.3 Å². The van der Waals surface area contributed by atoms with Crippen molar-refractivity contribution in [3.8, 4) is 5.75 Å². The monoisotopic (exact) mass is 304 g/mol. The summed E-state index contributed by atoms with van der Waals surface area (Å²) in [6, 6.07) is 5.51. The second-order valence-corrected chi connectivity index (χ2v) is 5.97. The van der Waals surface area contributed by atoms with E-state index in [2.05, 4.69) is 10.6 Å². The quantitative estimate of drug-likeness (QED) is 0.899. The van der Waals surface area contributed by atoms with Crippen molar-refractivity contribution in [3.63, 3.8) is 0 Å². The van der Waals surface area contributed by atoms with Crippen LogP contribution in [0.5, 0.6) is 5.75 Å². The first-order valence-corrected chi connectivity index (χ1v) is 7.84. The number of urea groups is 1. The number of ether oxygens (including phenoxy) is 1. The highest BCUT2D eigenvalue weighted by atomic mass is 16.5. The Morgan fingerprint density at radius 3 is 2.36 bits per heavy atom. The Balaban J connectivity index is 1.73. The van der Waals surface area contributed by atoms with Crippen LogP contribution in [0.2, 0.25) is 0 Å². The van der Waals surface area contributed by atoms with E-state index in [0.717, 1.165) is 36.8 Å². The summed E-state index contributed by atoms with van der Waals surface area (Å²) in [6.45, 7) is 3.77. The number of benzene rings is 1. The minimum absolute atomic E-state index is 0.166. The molecule has 120 valence electrons. The number of amides is 3. The molecule has 0 unspecified atom stereocenters. The molecule has 22 heavy (non-hydrogen) atoms.